The van der Waals surface area contributed by atoms with Crippen LogP contribution >= 0.6 is 11.6 Å². The molecule has 1 atom stereocenters. The summed E-state index contributed by atoms with van der Waals surface area (Å²) in [5.41, 5.74) is 1.05. The zero-order valence-electron chi connectivity index (χ0n) is 10.4. The summed E-state index contributed by atoms with van der Waals surface area (Å²) in [6.07, 6.45) is 5.07. The fourth-order valence-corrected chi connectivity index (χ4v) is 2.42. The summed E-state index contributed by atoms with van der Waals surface area (Å²) in [6, 6.07) is 2.53. The lowest BCUT2D eigenvalue weighted by Gasteiger charge is -2.19. The van der Waals surface area contributed by atoms with Gasteiger partial charge in [0, 0.05) is 6.04 Å². The molecule has 94 valence electrons. The Hall–Kier alpha value is -0.800. The molecule has 1 aliphatic heterocycles. The lowest BCUT2D eigenvalue weighted by molar-refractivity contribution is 0.197. The van der Waals surface area contributed by atoms with Gasteiger partial charge in [-0.15, -0.1) is 0 Å². The van der Waals surface area contributed by atoms with Crippen LogP contribution in [-0.4, -0.2) is 36.1 Å². The Balaban J connectivity index is 1.94. The summed E-state index contributed by atoms with van der Waals surface area (Å²) in [7, 11) is 2.15. The van der Waals surface area contributed by atoms with Crippen LogP contribution < -0.4 is 4.74 Å². The number of likely N-dealkylation sites (tertiary alicyclic amines) is 1. The van der Waals surface area contributed by atoms with Crippen molar-refractivity contribution >= 4 is 11.6 Å². The lowest BCUT2D eigenvalue weighted by atomic mass is 10.2. The zero-order valence-corrected chi connectivity index (χ0v) is 11.2. The average molecular weight is 255 g/mol. The SMILES string of the molecule is CCc1cc(OC[C@@H]2CCCN2C)cnc1Cl. The van der Waals surface area contributed by atoms with Crippen molar-refractivity contribution in [2.75, 3.05) is 20.2 Å². The maximum Gasteiger partial charge on any atom is 0.138 e. The fraction of sp³-hybridized carbons (Fsp3) is 0.615. The molecular weight excluding hydrogens is 236 g/mol. The van der Waals surface area contributed by atoms with Crippen molar-refractivity contribution < 1.29 is 4.74 Å². The molecule has 1 aliphatic rings. The number of halogens is 1. The van der Waals surface area contributed by atoms with Gasteiger partial charge >= 0.3 is 0 Å². The first-order chi connectivity index (χ1) is 8.20. The summed E-state index contributed by atoms with van der Waals surface area (Å²) in [6.45, 7) is 3.98. The van der Waals surface area contributed by atoms with Gasteiger partial charge in [-0.05, 0) is 44.5 Å². The van der Waals surface area contributed by atoms with Crippen LogP contribution in [0.15, 0.2) is 12.3 Å². The van der Waals surface area contributed by atoms with E-state index >= 15 is 0 Å². The first-order valence-electron chi connectivity index (χ1n) is 6.18. The van der Waals surface area contributed by atoms with Crippen molar-refractivity contribution in [2.24, 2.45) is 0 Å². The Morgan fingerprint density at radius 1 is 1.59 bits per heavy atom. The number of aromatic nitrogens is 1. The molecule has 0 radical (unpaired) electrons. The van der Waals surface area contributed by atoms with Crippen molar-refractivity contribution in [3.8, 4) is 5.75 Å². The van der Waals surface area contributed by atoms with Gasteiger partial charge in [0.25, 0.3) is 0 Å². The number of pyridine rings is 1. The van der Waals surface area contributed by atoms with Crippen molar-refractivity contribution in [1.82, 2.24) is 9.88 Å². The third-order valence-corrected chi connectivity index (χ3v) is 3.72. The third kappa shape index (κ3) is 3.11. The number of rotatable bonds is 4. The number of likely N-dealkylation sites (N-methyl/N-ethyl adjacent to an activating group) is 1. The Labute approximate surface area is 108 Å². The molecule has 0 aliphatic carbocycles. The van der Waals surface area contributed by atoms with Gasteiger partial charge in [-0.1, -0.05) is 18.5 Å². The molecule has 1 fully saturated rings. The fourth-order valence-electron chi connectivity index (χ4n) is 2.18. The van der Waals surface area contributed by atoms with Gasteiger partial charge in [0.05, 0.1) is 6.20 Å². The van der Waals surface area contributed by atoms with Crippen LogP contribution in [0.2, 0.25) is 5.15 Å². The van der Waals surface area contributed by atoms with E-state index in [2.05, 4.69) is 23.9 Å². The van der Waals surface area contributed by atoms with Gasteiger partial charge < -0.3 is 9.64 Å². The molecule has 0 aromatic carbocycles. The predicted molar refractivity (Wildman–Crippen MR) is 69.8 cm³/mol. The quantitative estimate of drug-likeness (QED) is 0.773. The summed E-state index contributed by atoms with van der Waals surface area (Å²) in [5, 5.41) is 0.581. The number of hydrogen-bond donors (Lipinski definition) is 0. The van der Waals surface area contributed by atoms with Gasteiger partial charge in [-0.25, -0.2) is 4.98 Å². The van der Waals surface area contributed by atoms with E-state index in [-0.39, 0.29) is 0 Å². The molecule has 1 aromatic heterocycles. The third-order valence-electron chi connectivity index (χ3n) is 3.38. The van der Waals surface area contributed by atoms with E-state index < -0.39 is 0 Å². The predicted octanol–water partition coefficient (Wildman–Crippen LogP) is 2.77. The summed E-state index contributed by atoms with van der Waals surface area (Å²) in [5.74, 6) is 0.826. The highest BCUT2D eigenvalue weighted by atomic mass is 35.5. The molecule has 3 nitrogen and oxygen atoms in total. The van der Waals surface area contributed by atoms with Crippen LogP contribution in [0.25, 0.3) is 0 Å². The number of hydrogen-bond acceptors (Lipinski definition) is 3. The molecular formula is C13H19ClN2O. The van der Waals surface area contributed by atoms with E-state index in [1.165, 1.54) is 19.4 Å². The maximum absolute atomic E-state index is 5.97. The first kappa shape index (κ1) is 12.7. The highest BCUT2D eigenvalue weighted by Crippen LogP contribution is 2.21. The van der Waals surface area contributed by atoms with E-state index in [1.54, 1.807) is 6.20 Å². The molecule has 0 amide bonds. The molecule has 17 heavy (non-hydrogen) atoms. The Morgan fingerprint density at radius 2 is 2.41 bits per heavy atom. The number of ether oxygens (including phenoxy) is 1. The molecule has 2 heterocycles. The van der Waals surface area contributed by atoms with Crippen LogP contribution in [0.4, 0.5) is 0 Å². The minimum atomic E-state index is 0.538. The highest BCUT2D eigenvalue weighted by Gasteiger charge is 2.21. The Bertz CT molecular complexity index is 384. The number of aryl methyl sites for hydroxylation is 1. The monoisotopic (exact) mass is 254 g/mol. The van der Waals surface area contributed by atoms with Crippen molar-refractivity contribution in [1.29, 1.82) is 0 Å². The van der Waals surface area contributed by atoms with E-state index in [0.29, 0.717) is 11.2 Å². The van der Waals surface area contributed by atoms with Gasteiger partial charge in [0.2, 0.25) is 0 Å². The minimum Gasteiger partial charge on any atom is -0.490 e. The minimum absolute atomic E-state index is 0.538. The maximum atomic E-state index is 5.97. The molecule has 0 N–H and O–H groups in total. The van der Waals surface area contributed by atoms with Gasteiger partial charge in [-0.2, -0.15) is 0 Å². The number of nitrogens with zero attached hydrogens (tertiary/aromatic N) is 2. The van der Waals surface area contributed by atoms with Crippen molar-refractivity contribution in [3.63, 3.8) is 0 Å². The van der Waals surface area contributed by atoms with Crippen LogP contribution in [0.3, 0.4) is 0 Å². The average Bonchev–Trinajstić information content (AvgIpc) is 2.74. The van der Waals surface area contributed by atoms with Crippen LogP contribution in [0.1, 0.15) is 25.3 Å². The molecule has 0 bridgehead atoms. The van der Waals surface area contributed by atoms with E-state index in [1.807, 2.05) is 6.07 Å². The normalized spacial score (nSPS) is 20.8. The van der Waals surface area contributed by atoms with Crippen molar-refractivity contribution in [3.05, 3.63) is 23.0 Å². The van der Waals surface area contributed by atoms with Crippen molar-refractivity contribution in [2.45, 2.75) is 32.2 Å². The Morgan fingerprint density at radius 3 is 3.06 bits per heavy atom. The smallest absolute Gasteiger partial charge is 0.138 e. The molecule has 4 heteroatoms. The summed E-state index contributed by atoms with van der Waals surface area (Å²) < 4.78 is 5.80. The van der Waals surface area contributed by atoms with E-state index in [4.69, 9.17) is 16.3 Å². The van der Waals surface area contributed by atoms with Crippen LogP contribution in [0.5, 0.6) is 5.75 Å². The molecule has 1 saturated heterocycles. The second-order valence-corrected chi connectivity index (χ2v) is 4.92. The molecule has 0 spiro atoms. The topological polar surface area (TPSA) is 25.4 Å². The first-order valence-corrected chi connectivity index (χ1v) is 6.56. The molecule has 1 aromatic rings. The molecule has 0 unspecified atom stereocenters. The Kier molecular flexibility index (Phi) is 4.24. The molecule has 2 rings (SSSR count). The molecule has 0 saturated carbocycles. The largest absolute Gasteiger partial charge is 0.490 e. The summed E-state index contributed by atoms with van der Waals surface area (Å²) in [4.78, 5) is 6.49. The van der Waals surface area contributed by atoms with Gasteiger partial charge in [0.1, 0.15) is 17.5 Å². The van der Waals surface area contributed by atoms with Gasteiger partial charge in [0.15, 0.2) is 0 Å². The van der Waals surface area contributed by atoms with E-state index in [9.17, 15) is 0 Å². The second-order valence-electron chi connectivity index (χ2n) is 4.56. The van der Waals surface area contributed by atoms with E-state index in [0.717, 1.165) is 24.3 Å². The standard InChI is InChI=1S/C13H19ClN2O/c1-3-10-7-12(8-15-13(10)14)17-9-11-5-4-6-16(11)2/h7-8,11H,3-6,9H2,1-2H3/t11-/m0/s1. The zero-order chi connectivity index (χ0) is 12.3. The van der Waals surface area contributed by atoms with Crippen LogP contribution in [0, 0.1) is 0 Å². The van der Waals surface area contributed by atoms with Crippen LogP contribution in [-0.2, 0) is 6.42 Å². The van der Waals surface area contributed by atoms with Gasteiger partial charge in [-0.3, -0.25) is 0 Å². The summed E-state index contributed by atoms with van der Waals surface area (Å²) >= 11 is 5.97. The second kappa shape index (κ2) is 5.69. The highest BCUT2D eigenvalue weighted by molar-refractivity contribution is 6.30. The lowest BCUT2D eigenvalue weighted by Crippen LogP contribution is -2.30.